The van der Waals surface area contributed by atoms with Gasteiger partial charge in [-0.05, 0) is 26.3 Å². The van der Waals surface area contributed by atoms with Gasteiger partial charge in [0.15, 0.2) is 0 Å². The Bertz CT molecular complexity index is 421. The summed E-state index contributed by atoms with van der Waals surface area (Å²) >= 11 is 0. The van der Waals surface area contributed by atoms with Crippen molar-refractivity contribution >= 4 is 11.8 Å². The molecule has 0 amide bonds. The first-order chi connectivity index (χ1) is 8.39. The molecule has 0 radical (unpaired) electrons. The number of hydrogen-bond donors (Lipinski definition) is 0. The molecule has 0 N–H and O–H groups in total. The third kappa shape index (κ3) is 3.19. The number of rotatable bonds is 5. The summed E-state index contributed by atoms with van der Waals surface area (Å²) in [7, 11) is 1.37. The fourth-order valence-electron chi connectivity index (χ4n) is 2.17. The highest BCUT2D eigenvalue weighted by Crippen LogP contribution is 2.39. The van der Waals surface area contributed by atoms with Crippen molar-refractivity contribution in [3.8, 4) is 0 Å². The van der Waals surface area contributed by atoms with Crippen LogP contribution >= 0.6 is 0 Å². The van der Waals surface area contributed by atoms with E-state index in [1.165, 1.54) is 7.11 Å². The molecule has 0 fully saturated rings. The van der Waals surface area contributed by atoms with Crippen molar-refractivity contribution in [1.82, 2.24) is 0 Å². The van der Waals surface area contributed by atoms with Gasteiger partial charge in [0.25, 0.3) is 0 Å². The summed E-state index contributed by atoms with van der Waals surface area (Å²) in [5, 5.41) is 0. The van der Waals surface area contributed by atoms with Gasteiger partial charge in [0, 0.05) is 12.3 Å². The number of methoxy groups -OCH3 is 1. The van der Waals surface area contributed by atoms with E-state index in [1.54, 1.807) is 6.92 Å². The van der Waals surface area contributed by atoms with E-state index in [4.69, 9.17) is 4.74 Å². The Hall–Kier alpha value is -1.64. The lowest BCUT2D eigenvalue weighted by Crippen LogP contribution is -2.33. The summed E-state index contributed by atoms with van der Waals surface area (Å²) in [6.07, 6.45) is 0.339. The summed E-state index contributed by atoms with van der Waals surface area (Å²) in [5.41, 5.74) is 0.269. The number of hydrogen-bond acceptors (Lipinski definition) is 3. The summed E-state index contributed by atoms with van der Waals surface area (Å²) in [6, 6.07) is 9.63. The largest absolute Gasteiger partial charge is 0.469 e. The Kier molecular flexibility index (Phi) is 4.65. The van der Waals surface area contributed by atoms with Crippen molar-refractivity contribution in [2.75, 3.05) is 7.11 Å². The van der Waals surface area contributed by atoms with Gasteiger partial charge >= 0.3 is 5.97 Å². The van der Waals surface area contributed by atoms with E-state index >= 15 is 0 Å². The Morgan fingerprint density at radius 2 is 1.78 bits per heavy atom. The van der Waals surface area contributed by atoms with Crippen molar-refractivity contribution in [2.24, 2.45) is 5.41 Å². The molecular formula is C15H20O3. The zero-order valence-electron chi connectivity index (χ0n) is 11.4. The number of ether oxygens (including phenoxy) is 1. The van der Waals surface area contributed by atoms with Crippen molar-refractivity contribution in [2.45, 2.75) is 33.1 Å². The summed E-state index contributed by atoms with van der Waals surface area (Å²) in [5.74, 6) is -0.387. The number of carbonyl (C=O) groups excluding carboxylic acids is 2. The lowest BCUT2D eigenvalue weighted by Gasteiger charge is -2.31. The maximum atomic E-state index is 11.9. The molecule has 0 saturated carbocycles. The molecule has 0 aliphatic heterocycles. The minimum absolute atomic E-state index is 0.0702. The number of Topliss-reactive ketones (excluding diaryl/α,β-unsaturated/α-hetero) is 1. The van der Waals surface area contributed by atoms with E-state index in [0.29, 0.717) is 6.42 Å². The second kappa shape index (κ2) is 5.80. The molecule has 3 heteroatoms. The molecule has 0 aromatic heterocycles. The maximum Gasteiger partial charge on any atom is 0.311 e. The van der Waals surface area contributed by atoms with E-state index in [9.17, 15) is 9.59 Å². The molecule has 0 spiro atoms. The van der Waals surface area contributed by atoms with Crippen molar-refractivity contribution in [3.63, 3.8) is 0 Å². The SMILES string of the molecule is COC(=O)C(C)(C)[C@H](CC(C)=O)c1ccccc1. The van der Waals surface area contributed by atoms with Gasteiger partial charge in [0.2, 0.25) is 0 Å². The topological polar surface area (TPSA) is 43.4 Å². The van der Waals surface area contributed by atoms with Gasteiger partial charge in [-0.25, -0.2) is 0 Å². The molecule has 98 valence electrons. The molecule has 0 saturated heterocycles. The van der Waals surface area contributed by atoms with Crippen LogP contribution in [0.25, 0.3) is 0 Å². The lowest BCUT2D eigenvalue weighted by atomic mass is 9.72. The highest BCUT2D eigenvalue weighted by Gasteiger charge is 2.39. The molecule has 1 rings (SSSR count). The van der Waals surface area contributed by atoms with Crippen LogP contribution in [0, 0.1) is 5.41 Å². The number of ketones is 1. The van der Waals surface area contributed by atoms with Crippen molar-refractivity contribution in [3.05, 3.63) is 35.9 Å². The highest BCUT2D eigenvalue weighted by atomic mass is 16.5. The number of esters is 1. The van der Waals surface area contributed by atoms with Gasteiger partial charge in [0.1, 0.15) is 5.78 Å². The first-order valence-corrected chi connectivity index (χ1v) is 6.02. The first kappa shape index (κ1) is 14.4. The smallest absolute Gasteiger partial charge is 0.311 e. The van der Waals surface area contributed by atoms with E-state index in [0.717, 1.165) is 5.56 Å². The quantitative estimate of drug-likeness (QED) is 0.752. The Morgan fingerprint density at radius 3 is 2.22 bits per heavy atom. The minimum atomic E-state index is -0.720. The second-order valence-corrected chi connectivity index (χ2v) is 5.08. The van der Waals surface area contributed by atoms with Crippen LogP contribution in [0.15, 0.2) is 30.3 Å². The number of carbonyl (C=O) groups is 2. The average molecular weight is 248 g/mol. The summed E-state index contributed by atoms with van der Waals surface area (Å²) in [6.45, 7) is 5.18. The predicted octanol–water partition coefficient (Wildman–Crippen LogP) is 2.95. The molecule has 3 nitrogen and oxygen atoms in total. The first-order valence-electron chi connectivity index (χ1n) is 6.02. The zero-order chi connectivity index (χ0) is 13.8. The Morgan fingerprint density at radius 1 is 1.22 bits per heavy atom. The Balaban J connectivity index is 3.13. The fourth-order valence-corrected chi connectivity index (χ4v) is 2.17. The third-order valence-electron chi connectivity index (χ3n) is 3.28. The standard InChI is InChI=1S/C15H20O3/c1-11(16)10-13(12-8-6-5-7-9-12)15(2,3)14(17)18-4/h5-9,13H,10H2,1-4H3/t13-/m1/s1. The van der Waals surface area contributed by atoms with Crippen LogP contribution in [0.5, 0.6) is 0 Å². The van der Waals surface area contributed by atoms with Crippen LogP contribution < -0.4 is 0 Å². The van der Waals surface area contributed by atoms with Gasteiger partial charge in [-0.3, -0.25) is 4.79 Å². The van der Waals surface area contributed by atoms with Gasteiger partial charge in [-0.1, -0.05) is 30.3 Å². The normalized spacial score (nSPS) is 12.9. The Labute approximate surface area is 108 Å². The summed E-state index contributed by atoms with van der Waals surface area (Å²) in [4.78, 5) is 23.3. The van der Waals surface area contributed by atoms with Crippen LogP contribution in [0.1, 0.15) is 38.7 Å². The van der Waals surface area contributed by atoms with Crippen LogP contribution in [-0.2, 0) is 14.3 Å². The molecule has 18 heavy (non-hydrogen) atoms. The minimum Gasteiger partial charge on any atom is -0.469 e. The van der Waals surface area contributed by atoms with Gasteiger partial charge in [0.05, 0.1) is 12.5 Å². The van der Waals surface area contributed by atoms with Crippen LogP contribution in [0.4, 0.5) is 0 Å². The van der Waals surface area contributed by atoms with Gasteiger partial charge < -0.3 is 9.53 Å². The average Bonchev–Trinajstić information content (AvgIpc) is 2.35. The van der Waals surface area contributed by atoms with Gasteiger partial charge in [-0.15, -0.1) is 0 Å². The molecule has 0 bridgehead atoms. The van der Waals surface area contributed by atoms with Crippen LogP contribution in [0.2, 0.25) is 0 Å². The van der Waals surface area contributed by atoms with Crippen molar-refractivity contribution in [1.29, 1.82) is 0 Å². The zero-order valence-corrected chi connectivity index (χ0v) is 11.4. The maximum absolute atomic E-state index is 11.9. The van der Waals surface area contributed by atoms with Gasteiger partial charge in [-0.2, -0.15) is 0 Å². The molecule has 0 heterocycles. The van der Waals surface area contributed by atoms with Crippen LogP contribution in [0.3, 0.4) is 0 Å². The van der Waals surface area contributed by atoms with E-state index in [2.05, 4.69) is 0 Å². The van der Waals surface area contributed by atoms with E-state index < -0.39 is 5.41 Å². The highest BCUT2D eigenvalue weighted by molar-refractivity contribution is 5.81. The molecule has 1 aromatic carbocycles. The lowest BCUT2D eigenvalue weighted by molar-refractivity contribution is -0.152. The van der Waals surface area contributed by atoms with Crippen LogP contribution in [-0.4, -0.2) is 18.9 Å². The molecular weight excluding hydrogens is 228 g/mol. The van der Waals surface area contributed by atoms with E-state index in [1.807, 2.05) is 44.2 Å². The van der Waals surface area contributed by atoms with E-state index in [-0.39, 0.29) is 17.7 Å². The molecule has 0 unspecified atom stereocenters. The predicted molar refractivity (Wildman–Crippen MR) is 70.3 cm³/mol. The third-order valence-corrected chi connectivity index (χ3v) is 3.28. The molecule has 0 aliphatic carbocycles. The summed E-state index contributed by atoms with van der Waals surface area (Å²) < 4.78 is 4.85. The molecule has 1 atom stereocenters. The monoisotopic (exact) mass is 248 g/mol. The second-order valence-electron chi connectivity index (χ2n) is 5.08. The number of benzene rings is 1. The fraction of sp³-hybridized carbons (Fsp3) is 0.467. The van der Waals surface area contributed by atoms with Crippen molar-refractivity contribution < 1.29 is 14.3 Å². The molecule has 1 aromatic rings. The molecule has 0 aliphatic rings.